The first-order valence-corrected chi connectivity index (χ1v) is 12.3. The van der Waals surface area contributed by atoms with E-state index in [1.165, 1.54) is 18.2 Å². The zero-order chi connectivity index (χ0) is 23.5. The molecule has 1 amide bonds. The molecule has 10 heteroatoms. The van der Waals surface area contributed by atoms with E-state index in [2.05, 4.69) is 0 Å². The normalized spacial score (nSPS) is 18.3. The topological polar surface area (TPSA) is 112 Å². The van der Waals surface area contributed by atoms with Gasteiger partial charge in [0.2, 0.25) is 0 Å². The highest BCUT2D eigenvalue weighted by Crippen LogP contribution is 2.23. The number of esters is 2. The van der Waals surface area contributed by atoms with Crippen molar-refractivity contribution in [2.45, 2.75) is 45.3 Å². The molecule has 1 aliphatic rings. The molecule has 0 saturated carbocycles. The third-order valence-electron chi connectivity index (χ3n) is 5.81. The lowest BCUT2D eigenvalue weighted by atomic mass is 10.1. The number of methoxy groups -OCH3 is 1. The maximum atomic E-state index is 12.8. The quantitative estimate of drug-likeness (QED) is 0.548. The molecule has 1 fully saturated rings. The monoisotopic (exact) mass is 464 g/mol. The summed E-state index contributed by atoms with van der Waals surface area (Å²) in [5, 5.41) is 0.647. The van der Waals surface area contributed by atoms with Crippen LogP contribution < -0.4 is 0 Å². The molecule has 2 unspecified atom stereocenters. The zero-order valence-electron chi connectivity index (χ0n) is 18.4. The Bertz CT molecular complexity index is 1120. The molecule has 9 nitrogen and oxygen atoms in total. The molecule has 1 aromatic carbocycles. The van der Waals surface area contributed by atoms with E-state index < -0.39 is 40.3 Å². The number of fused-ring (bicyclic) bond motifs is 1. The molecule has 0 N–H and O–H groups in total. The van der Waals surface area contributed by atoms with Gasteiger partial charge in [-0.15, -0.1) is 0 Å². The predicted octanol–water partition coefficient (Wildman–Crippen LogP) is 1.79. The minimum absolute atomic E-state index is 0.0564. The summed E-state index contributed by atoms with van der Waals surface area (Å²) in [5.74, 6) is -1.58. The molecule has 174 valence electrons. The number of sulfone groups is 1. The molecule has 0 bridgehead atoms. The highest BCUT2D eigenvalue weighted by molar-refractivity contribution is 7.91. The van der Waals surface area contributed by atoms with Crippen molar-refractivity contribution in [1.82, 2.24) is 9.47 Å². The van der Waals surface area contributed by atoms with Crippen LogP contribution in [-0.4, -0.2) is 73.0 Å². The average Bonchev–Trinajstić information content (AvgIpc) is 3.31. The van der Waals surface area contributed by atoms with Gasteiger partial charge in [0.1, 0.15) is 6.54 Å². The average molecular weight is 465 g/mol. The fraction of sp³-hybridized carbons (Fsp3) is 0.500. The van der Waals surface area contributed by atoms with E-state index in [0.29, 0.717) is 29.3 Å². The number of carbonyl (C=O) groups excluding carboxylic acids is 3. The number of aromatic nitrogens is 1. The highest BCUT2D eigenvalue weighted by atomic mass is 32.2. The molecular weight excluding hydrogens is 436 g/mol. The first kappa shape index (κ1) is 23.8. The number of carbonyl (C=O) groups is 3. The minimum Gasteiger partial charge on any atom is -0.465 e. The van der Waals surface area contributed by atoms with Crippen LogP contribution >= 0.6 is 0 Å². The van der Waals surface area contributed by atoms with E-state index in [9.17, 15) is 22.8 Å². The van der Waals surface area contributed by atoms with E-state index in [4.69, 9.17) is 9.47 Å². The maximum absolute atomic E-state index is 12.8. The lowest BCUT2D eigenvalue weighted by molar-refractivity contribution is -0.154. The Balaban J connectivity index is 1.69. The van der Waals surface area contributed by atoms with Crippen LogP contribution in [0.15, 0.2) is 30.5 Å². The molecule has 0 aliphatic carbocycles. The molecule has 3 rings (SSSR count). The highest BCUT2D eigenvalue weighted by Gasteiger charge is 2.36. The number of rotatable bonds is 8. The van der Waals surface area contributed by atoms with Gasteiger partial charge < -0.3 is 18.9 Å². The molecule has 1 aromatic heterocycles. The van der Waals surface area contributed by atoms with Crippen LogP contribution in [0, 0.1) is 0 Å². The molecule has 2 heterocycles. The number of ether oxygens (including phenoxy) is 2. The van der Waals surface area contributed by atoms with Crippen LogP contribution in [0.2, 0.25) is 0 Å². The summed E-state index contributed by atoms with van der Waals surface area (Å²) in [6, 6.07) is 6.52. The van der Waals surface area contributed by atoms with E-state index in [1.807, 2.05) is 13.8 Å². The Morgan fingerprint density at radius 1 is 1.25 bits per heavy atom. The summed E-state index contributed by atoms with van der Waals surface area (Å²) >= 11 is 0. The number of benzene rings is 1. The van der Waals surface area contributed by atoms with E-state index >= 15 is 0 Å². The Morgan fingerprint density at radius 2 is 1.97 bits per heavy atom. The summed E-state index contributed by atoms with van der Waals surface area (Å²) in [6.45, 7) is 3.11. The van der Waals surface area contributed by atoms with E-state index in [0.717, 1.165) is 0 Å². The van der Waals surface area contributed by atoms with Crippen molar-refractivity contribution in [2.75, 3.05) is 25.2 Å². The lowest BCUT2D eigenvalue weighted by Crippen LogP contribution is -2.48. The lowest BCUT2D eigenvalue weighted by Gasteiger charge is -2.33. The Morgan fingerprint density at radius 3 is 2.59 bits per heavy atom. The van der Waals surface area contributed by atoms with Crippen LogP contribution in [0.1, 0.15) is 37.0 Å². The van der Waals surface area contributed by atoms with Crippen molar-refractivity contribution >= 4 is 38.6 Å². The number of amides is 1. The second kappa shape index (κ2) is 9.72. The fourth-order valence-electron chi connectivity index (χ4n) is 4.05. The first-order chi connectivity index (χ1) is 15.2. The predicted molar refractivity (Wildman–Crippen MR) is 118 cm³/mol. The van der Waals surface area contributed by atoms with Gasteiger partial charge in [0.15, 0.2) is 16.4 Å². The van der Waals surface area contributed by atoms with Gasteiger partial charge in [-0.1, -0.05) is 25.1 Å². The molecule has 32 heavy (non-hydrogen) atoms. The molecule has 1 saturated heterocycles. The van der Waals surface area contributed by atoms with Gasteiger partial charge in [-0.2, -0.15) is 0 Å². The minimum atomic E-state index is -3.16. The van der Waals surface area contributed by atoms with Crippen molar-refractivity contribution in [1.29, 1.82) is 0 Å². The Kier molecular flexibility index (Phi) is 7.22. The zero-order valence-corrected chi connectivity index (χ0v) is 19.3. The van der Waals surface area contributed by atoms with Crippen LogP contribution in [0.3, 0.4) is 0 Å². The third kappa shape index (κ3) is 5.12. The van der Waals surface area contributed by atoms with Crippen LogP contribution in [0.5, 0.6) is 0 Å². The molecule has 2 aromatic rings. The van der Waals surface area contributed by atoms with Gasteiger partial charge in [0, 0.05) is 29.2 Å². The Hall–Kier alpha value is -2.88. The van der Waals surface area contributed by atoms with Crippen LogP contribution in [-0.2, 0) is 35.4 Å². The largest absolute Gasteiger partial charge is 0.465 e. The van der Waals surface area contributed by atoms with Gasteiger partial charge in [0.05, 0.1) is 24.2 Å². The number of hydrogen-bond donors (Lipinski definition) is 0. The molecule has 0 radical (unpaired) electrons. The van der Waals surface area contributed by atoms with Gasteiger partial charge in [-0.05, 0) is 25.8 Å². The summed E-state index contributed by atoms with van der Waals surface area (Å²) in [5.41, 5.74) is 0.992. The van der Waals surface area contributed by atoms with Crippen molar-refractivity contribution in [3.8, 4) is 0 Å². The first-order valence-electron chi connectivity index (χ1n) is 10.5. The van der Waals surface area contributed by atoms with Crippen molar-refractivity contribution < 1.29 is 32.3 Å². The maximum Gasteiger partial charge on any atom is 0.340 e. The van der Waals surface area contributed by atoms with Gasteiger partial charge in [0.25, 0.3) is 5.91 Å². The Labute approximate surface area is 187 Å². The number of nitrogens with zero attached hydrogens (tertiary/aromatic N) is 2. The van der Waals surface area contributed by atoms with Gasteiger partial charge in [-0.3, -0.25) is 9.59 Å². The smallest absolute Gasteiger partial charge is 0.340 e. The molecule has 1 aliphatic heterocycles. The number of hydrogen-bond acceptors (Lipinski definition) is 7. The second-order valence-corrected chi connectivity index (χ2v) is 10.2. The van der Waals surface area contributed by atoms with Gasteiger partial charge in [-0.25, -0.2) is 13.2 Å². The molecule has 2 atom stereocenters. The van der Waals surface area contributed by atoms with E-state index in [-0.39, 0.29) is 24.1 Å². The van der Waals surface area contributed by atoms with Crippen LogP contribution in [0.4, 0.5) is 0 Å². The molecule has 0 spiro atoms. The summed E-state index contributed by atoms with van der Waals surface area (Å²) in [6.07, 6.45) is 2.56. The molecular formula is C22H28N2O7S. The fourth-order valence-corrected chi connectivity index (χ4v) is 5.76. The SMILES string of the molecule is CCC(C)N(C(=O)COC(=O)Cn1cc(C(=O)OC)c2ccccc21)C1CCS(=O)(=O)C1. The number of para-hydroxylation sites is 1. The second-order valence-electron chi connectivity index (χ2n) is 7.96. The van der Waals surface area contributed by atoms with Gasteiger partial charge >= 0.3 is 11.9 Å². The summed E-state index contributed by atoms with van der Waals surface area (Å²) in [4.78, 5) is 38.9. The van der Waals surface area contributed by atoms with Crippen LogP contribution in [0.25, 0.3) is 10.9 Å². The summed E-state index contributed by atoms with van der Waals surface area (Å²) < 4.78 is 35.3. The standard InChI is InChI=1S/C22H28N2O7S/c1-4-15(2)24(16-9-10-32(28,29)14-16)20(25)13-31-21(26)12-23-11-18(22(27)30-3)17-7-5-6-8-19(17)23/h5-8,11,15-16H,4,9-10,12-14H2,1-3H3. The van der Waals surface area contributed by atoms with Crippen molar-refractivity contribution in [3.63, 3.8) is 0 Å². The third-order valence-corrected chi connectivity index (χ3v) is 7.56. The van der Waals surface area contributed by atoms with E-state index in [1.54, 1.807) is 28.8 Å². The van der Waals surface area contributed by atoms with Crippen molar-refractivity contribution in [3.05, 3.63) is 36.0 Å². The summed E-state index contributed by atoms with van der Waals surface area (Å²) in [7, 11) is -1.87. The van der Waals surface area contributed by atoms with Crippen molar-refractivity contribution in [2.24, 2.45) is 0 Å².